The molecule has 2 amide bonds. The van der Waals surface area contributed by atoms with Crippen molar-refractivity contribution >= 4 is 11.8 Å². The van der Waals surface area contributed by atoms with Gasteiger partial charge in [0.25, 0.3) is 0 Å². The van der Waals surface area contributed by atoms with E-state index in [1.165, 1.54) is 12.8 Å². The van der Waals surface area contributed by atoms with E-state index in [4.69, 9.17) is 0 Å². The lowest BCUT2D eigenvalue weighted by Gasteiger charge is -2.41. The minimum absolute atomic E-state index is 0.0113. The Morgan fingerprint density at radius 3 is 2.24 bits per heavy atom. The van der Waals surface area contributed by atoms with Gasteiger partial charge in [0.2, 0.25) is 11.8 Å². The van der Waals surface area contributed by atoms with Crippen molar-refractivity contribution < 1.29 is 9.59 Å². The van der Waals surface area contributed by atoms with Crippen LogP contribution in [0, 0.1) is 11.8 Å². The predicted molar refractivity (Wildman–Crippen MR) is 98.2 cm³/mol. The summed E-state index contributed by atoms with van der Waals surface area (Å²) < 4.78 is 0. The Kier molecular flexibility index (Phi) is 6.34. The highest BCUT2D eigenvalue weighted by Crippen LogP contribution is 2.33. The number of hydrogen-bond donors (Lipinski definition) is 1. The van der Waals surface area contributed by atoms with Gasteiger partial charge < -0.3 is 15.1 Å². The number of piperazine rings is 1. The van der Waals surface area contributed by atoms with Crippen LogP contribution < -0.4 is 5.32 Å². The molecule has 1 aliphatic heterocycles. The van der Waals surface area contributed by atoms with Crippen molar-refractivity contribution in [1.29, 1.82) is 0 Å². The number of nitrogens with zero attached hydrogens (tertiary/aromatic N) is 3. The molecule has 1 unspecified atom stereocenters. The van der Waals surface area contributed by atoms with Crippen molar-refractivity contribution in [1.82, 2.24) is 20.0 Å². The summed E-state index contributed by atoms with van der Waals surface area (Å²) in [4.78, 5) is 31.6. The van der Waals surface area contributed by atoms with Gasteiger partial charge in [0.1, 0.15) is 0 Å². The first-order valence-electron chi connectivity index (χ1n) is 10.0. The molecule has 142 valence electrons. The predicted octanol–water partition coefficient (Wildman–Crippen LogP) is 0.777. The van der Waals surface area contributed by atoms with E-state index >= 15 is 0 Å². The molecule has 2 saturated carbocycles. The first-order valence-corrected chi connectivity index (χ1v) is 10.0. The Hall–Kier alpha value is -1.14. The third-order valence-corrected chi connectivity index (χ3v) is 5.92. The lowest BCUT2D eigenvalue weighted by Crippen LogP contribution is -2.58. The number of nitrogens with one attached hydrogen (secondary N) is 1. The maximum Gasteiger partial charge on any atom is 0.237 e. The molecule has 2 aliphatic carbocycles. The molecule has 3 fully saturated rings. The number of carbonyl (C=O) groups excluding carboxylic acids is 2. The Morgan fingerprint density at radius 1 is 1.04 bits per heavy atom. The van der Waals surface area contributed by atoms with Gasteiger partial charge in [-0.05, 0) is 45.7 Å². The first-order chi connectivity index (χ1) is 12.1. The maximum atomic E-state index is 12.9. The first kappa shape index (κ1) is 18.6. The van der Waals surface area contributed by atoms with Crippen LogP contribution in [0.3, 0.4) is 0 Å². The van der Waals surface area contributed by atoms with Crippen molar-refractivity contribution in [2.45, 2.75) is 44.6 Å². The molecule has 0 bridgehead atoms. The lowest BCUT2D eigenvalue weighted by molar-refractivity contribution is -0.136. The quantitative estimate of drug-likeness (QED) is 0.737. The fourth-order valence-corrected chi connectivity index (χ4v) is 4.27. The van der Waals surface area contributed by atoms with Gasteiger partial charge in [-0.2, -0.15) is 0 Å². The zero-order valence-corrected chi connectivity index (χ0v) is 15.9. The van der Waals surface area contributed by atoms with Gasteiger partial charge in [0, 0.05) is 45.2 Å². The molecule has 6 nitrogen and oxygen atoms in total. The third-order valence-electron chi connectivity index (χ3n) is 5.92. The number of amides is 2. The van der Waals surface area contributed by atoms with Gasteiger partial charge in [-0.25, -0.2) is 0 Å². The smallest absolute Gasteiger partial charge is 0.237 e. The topological polar surface area (TPSA) is 55.9 Å². The molecule has 1 heterocycles. The van der Waals surface area contributed by atoms with Crippen LogP contribution in [0.4, 0.5) is 0 Å². The lowest BCUT2D eigenvalue weighted by atomic mass is 9.95. The molecule has 0 radical (unpaired) electrons. The molecule has 6 heteroatoms. The van der Waals surface area contributed by atoms with E-state index in [9.17, 15) is 9.59 Å². The third kappa shape index (κ3) is 4.94. The van der Waals surface area contributed by atoms with Crippen LogP contribution in [0.15, 0.2) is 0 Å². The SMILES string of the molecule is CN(C)CCNC(=O)C(C1CCCC1)N1CCN(C(=O)C2CC2)CC1. The standard InChI is InChI=1S/C19H34N4O2/c1-21(2)10-9-20-18(24)17(15-5-3-4-6-15)22-11-13-23(14-12-22)19(25)16-7-8-16/h15-17H,3-14H2,1-2H3,(H,20,24). The second-order valence-corrected chi connectivity index (χ2v) is 8.22. The average Bonchev–Trinajstić information content (AvgIpc) is 3.31. The number of likely N-dealkylation sites (N-methyl/N-ethyl adjacent to an activating group) is 1. The second-order valence-electron chi connectivity index (χ2n) is 8.22. The molecular formula is C19H34N4O2. The van der Waals surface area contributed by atoms with Crippen LogP contribution in [0.5, 0.6) is 0 Å². The molecule has 3 rings (SSSR count). The molecule has 3 aliphatic rings. The van der Waals surface area contributed by atoms with Crippen LogP contribution in [-0.4, -0.2) is 85.9 Å². The van der Waals surface area contributed by atoms with Gasteiger partial charge in [0.15, 0.2) is 0 Å². The molecule has 1 saturated heterocycles. The van der Waals surface area contributed by atoms with E-state index in [1.807, 2.05) is 19.0 Å². The van der Waals surface area contributed by atoms with E-state index in [-0.39, 0.29) is 11.9 Å². The fourth-order valence-electron chi connectivity index (χ4n) is 4.27. The number of rotatable bonds is 7. The van der Waals surface area contributed by atoms with Crippen LogP contribution in [-0.2, 0) is 9.59 Å². The Morgan fingerprint density at radius 2 is 1.68 bits per heavy atom. The largest absolute Gasteiger partial charge is 0.353 e. The van der Waals surface area contributed by atoms with Crippen LogP contribution in [0.2, 0.25) is 0 Å². The summed E-state index contributed by atoms with van der Waals surface area (Å²) in [5.74, 6) is 1.31. The van der Waals surface area contributed by atoms with E-state index in [0.717, 1.165) is 58.4 Å². The van der Waals surface area contributed by atoms with Gasteiger partial charge in [-0.1, -0.05) is 12.8 Å². The highest BCUT2D eigenvalue weighted by atomic mass is 16.2. The van der Waals surface area contributed by atoms with Crippen molar-refractivity contribution in [3.05, 3.63) is 0 Å². The summed E-state index contributed by atoms with van der Waals surface area (Å²) in [5.41, 5.74) is 0. The van der Waals surface area contributed by atoms with Crippen molar-refractivity contribution in [2.24, 2.45) is 11.8 Å². The summed E-state index contributed by atoms with van der Waals surface area (Å²) in [5, 5.41) is 3.15. The Labute approximate surface area is 151 Å². The molecule has 1 atom stereocenters. The molecule has 0 spiro atoms. The zero-order valence-electron chi connectivity index (χ0n) is 15.9. The fraction of sp³-hybridized carbons (Fsp3) is 0.895. The average molecular weight is 351 g/mol. The van der Waals surface area contributed by atoms with E-state index in [2.05, 4.69) is 15.1 Å². The minimum atomic E-state index is -0.0113. The highest BCUT2D eigenvalue weighted by molar-refractivity contribution is 5.82. The Bertz CT molecular complexity index is 464. The summed E-state index contributed by atoms with van der Waals surface area (Å²) in [6.07, 6.45) is 6.94. The van der Waals surface area contributed by atoms with E-state index in [0.29, 0.717) is 24.3 Å². The van der Waals surface area contributed by atoms with Crippen LogP contribution in [0.25, 0.3) is 0 Å². The second kappa shape index (κ2) is 8.49. The highest BCUT2D eigenvalue weighted by Gasteiger charge is 2.39. The molecule has 0 aromatic rings. The van der Waals surface area contributed by atoms with Gasteiger partial charge >= 0.3 is 0 Å². The van der Waals surface area contributed by atoms with Gasteiger partial charge in [0.05, 0.1) is 6.04 Å². The maximum absolute atomic E-state index is 12.9. The monoisotopic (exact) mass is 350 g/mol. The molecule has 0 aromatic heterocycles. The molecule has 25 heavy (non-hydrogen) atoms. The van der Waals surface area contributed by atoms with Gasteiger partial charge in [-0.15, -0.1) is 0 Å². The van der Waals surface area contributed by atoms with E-state index < -0.39 is 0 Å². The van der Waals surface area contributed by atoms with E-state index in [1.54, 1.807) is 0 Å². The van der Waals surface area contributed by atoms with Crippen molar-refractivity contribution in [2.75, 3.05) is 53.4 Å². The van der Waals surface area contributed by atoms with Crippen molar-refractivity contribution in [3.8, 4) is 0 Å². The summed E-state index contributed by atoms with van der Waals surface area (Å²) in [6, 6.07) is -0.0113. The number of hydrogen-bond acceptors (Lipinski definition) is 4. The van der Waals surface area contributed by atoms with Gasteiger partial charge in [-0.3, -0.25) is 14.5 Å². The summed E-state index contributed by atoms with van der Waals surface area (Å²) >= 11 is 0. The number of carbonyl (C=O) groups is 2. The van der Waals surface area contributed by atoms with Crippen LogP contribution >= 0.6 is 0 Å². The van der Waals surface area contributed by atoms with Crippen LogP contribution in [0.1, 0.15) is 38.5 Å². The summed E-state index contributed by atoms with van der Waals surface area (Å²) in [6.45, 7) is 4.80. The molecular weight excluding hydrogens is 316 g/mol. The zero-order chi connectivity index (χ0) is 17.8. The van der Waals surface area contributed by atoms with Crippen molar-refractivity contribution in [3.63, 3.8) is 0 Å². The Balaban J connectivity index is 1.55. The molecule has 0 aromatic carbocycles. The molecule has 1 N–H and O–H groups in total. The minimum Gasteiger partial charge on any atom is -0.353 e. The summed E-state index contributed by atoms with van der Waals surface area (Å²) in [7, 11) is 4.05. The normalized spacial score (nSPS) is 23.9.